The number of carbonyl (C=O) groups excluding carboxylic acids is 1. The third-order valence-electron chi connectivity index (χ3n) is 2.93. The Labute approximate surface area is 113 Å². The Hall–Kier alpha value is -1.84. The molecule has 0 aliphatic heterocycles. The van der Waals surface area contributed by atoms with Crippen molar-refractivity contribution < 1.29 is 14.7 Å². The van der Waals surface area contributed by atoms with E-state index < -0.39 is 23.2 Å². The molecule has 0 aliphatic carbocycles. The van der Waals surface area contributed by atoms with Gasteiger partial charge in [-0.15, -0.1) is 0 Å². The highest BCUT2D eigenvalue weighted by Gasteiger charge is 2.37. The topological polar surface area (TPSA) is 66.4 Å². The normalized spacial score (nSPS) is 12.8. The molecule has 104 valence electrons. The molecule has 1 aromatic carbocycles. The third-order valence-corrected chi connectivity index (χ3v) is 2.93. The highest BCUT2D eigenvalue weighted by atomic mass is 16.4. The van der Waals surface area contributed by atoms with Gasteiger partial charge in [0.05, 0.1) is 0 Å². The number of nitrogens with one attached hydrogen (secondary N) is 1. The first-order valence-electron chi connectivity index (χ1n) is 6.37. The van der Waals surface area contributed by atoms with Crippen LogP contribution >= 0.6 is 0 Å². The first-order valence-corrected chi connectivity index (χ1v) is 6.37. The van der Waals surface area contributed by atoms with E-state index in [0.717, 1.165) is 5.56 Å². The van der Waals surface area contributed by atoms with Crippen LogP contribution in [0.4, 0.5) is 0 Å². The predicted molar refractivity (Wildman–Crippen MR) is 73.7 cm³/mol. The molecule has 1 atom stereocenters. The molecule has 0 heterocycles. The van der Waals surface area contributed by atoms with Crippen molar-refractivity contribution in [2.75, 3.05) is 6.54 Å². The molecule has 0 radical (unpaired) electrons. The zero-order valence-corrected chi connectivity index (χ0v) is 11.6. The largest absolute Gasteiger partial charge is 0.481 e. The summed E-state index contributed by atoms with van der Waals surface area (Å²) in [5.74, 6) is -2.52. The van der Waals surface area contributed by atoms with Gasteiger partial charge < -0.3 is 10.4 Å². The molecule has 0 spiro atoms. The molecule has 1 rings (SSSR count). The zero-order chi connectivity index (χ0) is 14.5. The maximum Gasteiger partial charge on any atom is 0.316 e. The summed E-state index contributed by atoms with van der Waals surface area (Å²) in [6.45, 7) is 5.70. The summed E-state index contributed by atoms with van der Waals surface area (Å²) >= 11 is 0. The average Bonchev–Trinajstić information content (AvgIpc) is 2.27. The summed E-state index contributed by atoms with van der Waals surface area (Å²) in [6.07, 6.45) is 0.697. The van der Waals surface area contributed by atoms with Gasteiger partial charge in [0.25, 0.3) is 0 Å². The number of carboxylic acids is 1. The van der Waals surface area contributed by atoms with Gasteiger partial charge in [-0.25, -0.2) is 0 Å². The minimum Gasteiger partial charge on any atom is -0.481 e. The Balaban J connectivity index is 2.52. The predicted octanol–water partition coefficient (Wildman–Crippen LogP) is 2.09. The molecular formula is C15H21NO3. The first kappa shape index (κ1) is 15.2. The Kier molecular flexibility index (Phi) is 5.10. The van der Waals surface area contributed by atoms with Gasteiger partial charge in [-0.3, -0.25) is 9.59 Å². The van der Waals surface area contributed by atoms with Crippen LogP contribution in [0, 0.1) is 11.3 Å². The number of aliphatic carboxylic acids is 1. The molecule has 0 fully saturated rings. The Morgan fingerprint density at radius 2 is 1.79 bits per heavy atom. The van der Waals surface area contributed by atoms with E-state index in [2.05, 4.69) is 5.32 Å². The van der Waals surface area contributed by atoms with Gasteiger partial charge in [0.1, 0.15) is 5.92 Å². The summed E-state index contributed by atoms with van der Waals surface area (Å²) in [4.78, 5) is 23.1. The van der Waals surface area contributed by atoms with E-state index in [1.165, 1.54) is 0 Å². The molecule has 1 unspecified atom stereocenters. The number of benzene rings is 1. The van der Waals surface area contributed by atoms with Gasteiger partial charge in [0.15, 0.2) is 0 Å². The fourth-order valence-corrected chi connectivity index (χ4v) is 1.95. The smallest absolute Gasteiger partial charge is 0.316 e. The Morgan fingerprint density at radius 1 is 1.21 bits per heavy atom. The van der Waals surface area contributed by atoms with E-state index in [9.17, 15) is 9.59 Å². The fraction of sp³-hybridized carbons (Fsp3) is 0.467. The van der Waals surface area contributed by atoms with Crippen molar-refractivity contribution >= 4 is 11.9 Å². The molecule has 19 heavy (non-hydrogen) atoms. The van der Waals surface area contributed by atoms with E-state index in [1.54, 1.807) is 20.8 Å². The maximum absolute atomic E-state index is 11.9. The summed E-state index contributed by atoms with van der Waals surface area (Å²) in [6, 6.07) is 9.76. The van der Waals surface area contributed by atoms with Gasteiger partial charge >= 0.3 is 5.97 Å². The summed E-state index contributed by atoms with van der Waals surface area (Å²) in [7, 11) is 0. The SMILES string of the molecule is CC(C)(C)C(C(=O)O)C(=O)NCCc1ccccc1. The average molecular weight is 263 g/mol. The van der Waals surface area contributed by atoms with Crippen molar-refractivity contribution in [1.29, 1.82) is 0 Å². The second-order valence-corrected chi connectivity index (χ2v) is 5.66. The van der Waals surface area contributed by atoms with Crippen LogP contribution < -0.4 is 5.32 Å². The Bertz CT molecular complexity index is 434. The molecule has 2 N–H and O–H groups in total. The highest BCUT2D eigenvalue weighted by molar-refractivity contribution is 5.97. The molecule has 4 nitrogen and oxygen atoms in total. The number of carbonyl (C=O) groups is 2. The van der Waals surface area contributed by atoms with Crippen LogP contribution in [0.5, 0.6) is 0 Å². The van der Waals surface area contributed by atoms with Crippen molar-refractivity contribution in [2.45, 2.75) is 27.2 Å². The van der Waals surface area contributed by atoms with Gasteiger partial charge in [-0.05, 0) is 17.4 Å². The molecule has 0 saturated heterocycles. The van der Waals surface area contributed by atoms with Gasteiger partial charge in [-0.2, -0.15) is 0 Å². The van der Waals surface area contributed by atoms with E-state index in [0.29, 0.717) is 13.0 Å². The number of carboxylic acid groups (broad SMARTS) is 1. The van der Waals surface area contributed by atoms with Gasteiger partial charge in [0, 0.05) is 6.54 Å². The molecular weight excluding hydrogens is 242 g/mol. The molecule has 1 aromatic rings. The molecule has 4 heteroatoms. The van der Waals surface area contributed by atoms with E-state index in [-0.39, 0.29) is 0 Å². The van der Waals surface area contributed by atoms with Gasteiger partial charge in [-0.1, -0.05) is 51.1 Å². The van der Waals surface area contributed by atoms with E-state index in [1.807, 2.05) is 30.3 Å². The summed E-state index contributed by atoms with van der Waals surface area (Å²) in [5, 5.41) is 11.8. The zero-order valence-electron chi connectivity index (χ0n) is 11.6. The fourth-order valence-electron chi connectivity index (χ4n) is 1.95. The quantitative estimate of drug-likeness (QED) is 0.799. The minimum atomic E-state index is -1.08. The number of rotatable bonds is 5. The molecule has 1 amide bonds. The number of hydrogen-bond acceptors (Lipinski definition) is 2. The third kappa shape index (κ3) is 4.73. The van der Waals surface area contributed by atoms with Crippen LogP contribution in [0.2, 0.25) is 0 Å². The lowest BCUT2D eigenvalue weighted by Gasteiger charge is -2.25. The maximum atomic E-state index is 11.9. The Morgan fingerprint density at radius 3 is 2.26 bits per heavy atom. The van der Waals surface area contributed by atoms with Crippen LogP contribution in [0.15, 0.2) is 30.3 Å². The van der Waals surface area contributed by atoms with E-state index in [4.69, 9.17) is 5.11 Å². The summed E-state index contributed by atoms with van der Waals surface area (Å²) in [5.41, 5.74) is 0.522. The second kappa shape index (κ2) is 6.36. The van der Waals surface area contributed by atoms with Crippen LogP contribution in [0.3, 0.4) is 0 Å². The van der Waals surface area contributed by atoms with Crippen molar-refractivity contribution in [1.82, 2.24) is 5.32 Å². The summed E-state index contributed by atoms with van der Waals surface area (Å²) < 4.78 is 0. The van der Waals surface area contributed by atoms with Crippen molar-refractivity contribution in [3.05, 3.63) is 35.9 Å². The molecule has 0 bridgehead atoms. The second-order valence-electron chi connectivity index (χ2n) is 5.66. The van der Waals surface area contributed by atoms with Crippen molar-refractivity contribution in [3.63, 3.8) is 0 Å². The van der Waals surface area contributed by atoms with Crippen molar-refractivity contribution in [3.8, 4) is 0 Å². The highest BCUT2D eigenvalue weighted by Crippen LogP contribution is 2.26. The van der Waals surface area contributed by atoms with Crippen molar-refractivity contribution in [2.24, 2.45) is 11.3 Å². The monoisotopic (exact) mass is 263 g/mol. The molecule has 0 aromatic heterocycles. The standard InChI is InChI=1S/C15H21NO3/c1-15(2,3)12(14(18)19)13(17)16-10-9-11-7-5-4-6-8-11/h4-8,12H,9-10H2,1-3H3,(H,16,17)(H,18,19). The molecule has 0 saturated carbocycles. The number of amides is 1. The minimum absolute atomic E-state index is 0.420. The van der Waals surface area contributed by atoms with E-state index >= 15 is 0 Å². The van der Waals surface area contributed by atoms with Gasteiger partial charge in [0.2, 0.25) is 5.91 Å². The van der Waals surface area contributed by atoms with Crippen LogP contribution in [0.1, 0.15) is 26.3 Å². The molecule has 0 aliphatic rings. The van der Waals surface area contributed by atoms with Crippen LogP contribution in [-0.4, -0.2) is 23.5 Å². The lowest BCUT2D eigenvalue weighted by molar-refractivity contribution is -0.151. The first-order chi connectivity index (χ1) is 8.82. The lowest BCUT2D eigenvalue weighted by atomic mass is 9.80. The number of hydrogen-bond donors (Lipinski definition) is 2. The lowest BCUT2D eigenvalue weighted by Crippen LogP contribution is -2.43. The van der Waals surface area contributed by atoms with Crippen LogP contribution in [-0.2, 0) is 16.0 Å². The van der Waals surface area contributed by atoms with Crippen LogP contribution in [0.25, 0.3) is 0 Å².